The number of amides is 1. The molecular weight excluding hydrogens is 386 g/mol. The fourth-order valence-corrected chi connectivity index (χ4v) is 4.05. The second-order valence-electron chi connectivity index (χ2n) is 7.14. The van der Waals surface area contributed by atoms with Gasteiger partial charge in [-0.05, 0) is 37.3 Å². The molecule has 1 saturated heterocycles. The lowest BCUT2D eigenvalue weighted by molar-refractivity contribution is -0.168. The molecule has 3 aliphatic rings. The van der Waals surface area contributed by atoms with Crippen LogP contribution in [0.25, 0.3) is 0 Å². The average molecular weight is 401 g/mol. The Morgan fingerprint density at radius 1 is 1.13 bits per heavy atom. The van der Waals surface area contributed by atoms with E-state index >= 15 is 0 Å². The number of ether oxygens (including phenoxy) is 2. The van der Waals surface area contributed by atoms with Gasteiger partial charge in [-0.3, -0.25) is 9.69 Å². The third-order valence-corrected chi connectivity index (χ3v) is 5.50. The van der Waals surface area contributed by atoms with Crippen LogP contribution < -0.4 is 4.90 Å². The molecule has 3 aliphatic heterocycles. The minimum atomic E-state index is -1.15. The minimum Gasteiger partial charge on any atom is -0.417 e. The van der Waals surface area contributed by atoms with Crippen molar-refractivity contribution in [3.8, 4) is 6.07 Å². The van der Waals surface area contributed by atoms with Gasteiger partial charge < -0.3 is 14.4 Å². The Kier molecular flexibility index (Phi) is 3.86. The molecule has 8 nitrogen and oxygen atoms in total. The second-order valence-corrected chi connectivity index (χ2v) is 7.14. The number of nitriles is 1. The number of hydrogen-bond acceptors (Lipinski definition) is 7. The number of β-lactam (4-membered cyclic amide) rings is 1. The van der Waals surface area contributed by atoms with Crippen LogP contribution in [0.3, 0.4) is 0 Å². The number of fused-ring (bicyclic) bond motifs is 2. The van der Waals surface area contributed by atoms with Crippen molar-refractivity contribution >= 4 is 23.5 Å². The van der Waals surface area contributed by atoms with Gasteiger partial charge in [-0.15, -0.1) is 0 Å². The summed E-state index contributed by atoms with van der Waals surface area (Å²) in [6, 6.07) is 15.7. The molecule has 8 heteroatoms. The molecule has 2 aromatic rings. The Morgan fingerprint density at radius 3 is 2.57 bits per heavy atom. The average Bonchev–Trinajstić information content (AvgIpc) is 3.19. The van der Waals surface area contributed by atoms with Crippen molar-refractivity contribution in [3.63, 3.8) is 0 Å². The van der Waals surface area contributed by atoms with Gasteiger partial charge in [-0.2, -0.15) is 5.26 Å². The molecule has 3 heterocycles. The van der Waals surface area contributed by atoms with Crippen molar-refractivity contribution in [2.24, 2.45) is 0 Å². The number of carbonyl (C=O) groups excluding carboxylic acids is 3. The first-order valence-electron chi connectivity index (χ1n) is 9.33. The molecule has 5 rings (SSSR count). The first-order valence-corrected chi connectivity index (χ1v) is 9.33. The number of cyclic esters (lactones) is 1. The van der Waals surface area contributed by atoms with Gasteiger partial charge in [0.05, 0.1) is 23.6 Å². The Labute approximate surface area is 171 Å². The molecule has 0 bridgehead atoms. The summed E-state index contributed by atoms with van der Waals surface area (Å²) in [7, 11) is 0. The van der Waals surface area contributed by atoms with Gasteiger partial charge in [0.2, 0.25) is 5.91 Å². The van der Waals surface area contributed by atoms with Crippen LogP contribution in [0.1, 0.15) is 41.1 Å². The van der Waals surface area contributed by atoms with Gasteiger partial charge in [-0.25, -0.2) is 9.59 Å². The molecule has 0 spiro atoms. The molecule has 0 aromatic heterocycles. The summed E-state index contributed by atoms with van der Waals surface area (Å²) in [5, 5.41) is 9.00. The van der Waals surface area contributed by atoms with Gasteiger partial charge in [0, 0.05) is 16.9 Å². The van der Waals surface area contributed by atoms with Crippen molar-refractivity contribution < 1.29 is 23.9 Å². The summed E-state index contributed by atoms with van der Waals surface area (Å²) >= 11 is 0. The number of benzene rings is 2. The van der Waals surface area contributed by atoms with Crippen LogP contribution >= 0.6 is 0 Å². The lowest BCUT2D eigenvalue weighted by Crippen LogP contribution is -2.55. The van der Waals surface area contributed by atoms with Crippen molar-refractivity contribution in [3.05, 3.63) is 76.6 Å². The zero-order valence-electron chi connectivity index (χ0n) is 15.9. The molecule has 0 aliphatic carbocycles. The van der Waals surface area contributed by atoms with E-state index in [9.17, 15) is 14.4 Å². The molecule has 2 aromatic carbocycles. The van der Waals surface area contributed by atoms with Crippen LogP contribution in [0.5, 0.6) is 0 Å². The lowest BCUT2D eigenvalue weighted by atomic mass is 10.1. The van der Waals surface area contributed by atoms with Crippen LogP contribution in [-0.2, 0) is 19.1 Å². The second kappa shape index (κ2) is 6.46. The fourth-order valence-electron chi connectivity index (χ4n) is 4.05. The summed E-state index contributed by atoms with van der Waals surface area (Å²) in [6.45, 7) is 1.73. The van der Waals surface area contributed by atoms with Crippen molar-refractivity contribution in [2.75, 3.05) is 4.90 Å². The maximum Gasteiger partial charge on any atom is 0.360 e. The highest BCUT2D eigenvalue weighted by Crippen LogP contribution is 2.43. The van der Waals surface area contributed by atoms with E-state index in [-0.39, 0.29) is 24.2 Å². The van der Waals surface area contributed by atoms with E-state index in [0.717, 1.165) is 5.69 Å². The number of esters is 2. The van der Waals surface area contributed by atoms with Gasteiger partial charge in [0.1, 0.15) is 6.17 Å². The molecule has 1 fully saturated rings. The largest absolute Gasteiger partial charge is 0.417 e. The molecular formula is C22H15N3O5. The molecule has 2 unspecified atom stereocenters. The number of carbonyl (C=O) groups is 3. The first-order chi connectivity index (χ1) is 14.5. The maximum absolute atomic E-state index is 13.0. The Morgan fingerprint density at radius 2 is 1.87 bits per heavy atom. The number of hydrogen-bond donors (Lipinski definition) is 0. The molecule has 0 radical (unpaired) electrons. The zero-order chi connectivity index (χ0) is 21.0. The van der Waals surface area contributed by atoms with Crippen LogP contribution in [-0.4, -0.2) is 28.9 Å². The van der Waals surface area contributed by atoms with E-state index in [2.05, 4.69) is 6.07 Å². The summed E-state index contributed by atoms with van der Waals surface area (Å²) in [5.74, 6) is -1.49. The standard InChI is InChI=1S/C22H15N3O5/c1-12-19(21(28)30-22-16-5-3-2-4-15(16)20(27)29-22)25-17(10-18(25)26)24(12)14-8-6-13(11-23)7-9-14/h2-9,17,22H,10H2,1H3. The Balaban J connectivity index is 1.46. The van der Waals surface area contributed by atoms with E-state index in [1.54, 1.807) is 55.5 Å². The Bertz CT molecular complexity index is 1180. The maximum atomic E-state index is 13.0. The third-order valence-electron chi connectivity index (χ3n) is 5.50. The number of rotatable bonds is 3. The van der Waals surface area contributed by atoms with Gasteiger partial charge in [0.25, 0.3) is 6.29 Å². The quantitative estimate of drug-likeness (QED) is 0.576. The third kappa shape index (κ3) is 2.49. The van der Waals surface area contributed by atoms with Crippen LogP contribution in [0, 0.1) is 11.3 Å². The highest BCUT2D eigenvalue weighted by atomic mass is 16.7. The highest BCUT2D eigenvalue weighted by molar-refractivity contribution is 6.01. The lowest BCUT2D eigenvalue weighted by Gasteiger charge is -2.40. The fraction of sp³-hybridized carbons (Fsp3) is 0.182. The summed E-state index contributed by atoms with van der Waals surface area (Å²) in [4.78, 5) is 40.5. The number of anilines is 1. The zero-order valence-corrected chi connectivity index (χ0v) is 15.9. The smallest absolute Gasteiger partial charge is 0.360 e. The molecule has 0 saturated carbocycles. The summed E-state index contributed by atoms with van der Waals surface area (Å²) in [5.41, 5.74) is 2.78. The molecule has 1 amide bonds. The molecule has 2 atom stereocenters. The summed E-state index contributed by atoms with van der Waals surface area (Å²) < 4.78 is 10.7. The van der Waals surface area contributed by atoms with Crippen LogP contribution in [0.2, 0.25) is 0 Å². The molecule has 0 N–H and O–H groups in total. The van der Waals surface area contributed by atoms with Crippen LogP contribution in [0.4, 0.5) is 5.69 Å². The van der Waals surface area contributed by atoms with Gasteiger partial charge in [0.15, 0.2) is 5.70 Å². The van der Waals surface area contributed by atoms with Crippen molar-refractivity contribution in [1.29, 1.82) is 5.26 Å². The van der Waals surface area contributed by atoms with Crippen molar-refractivity contribution in [2.45, 2.75) is 25.8 Å². The van der Waals surface area contributed by atoms with Crippen LogP contribution in [0.15, 0.2) is 59.9 Å². The molecule has 30 heavy (non-hydrogen) atoms. The number of allylic oxidation sites excluding steroid dienone is 1. The molecule has 148 valence electrons. The highest BCUT2D eigenvalue weighted by Gasteiger charge is 2.52. The van der Waals surface area contributed by atoms with Gasteiger partial charge >= 0.3 is 11.9 Å². The summed E-state index contributed by atoms with van der Waals surface area (Å²) in [6.07, 6.45) is -1.22. The normalized spacial score (nSPS) is 21.6. The van der Waals surface area contributed by atoms with E-state index in [0.29, 0.717) is 22.4 Å². The predicted octanol–water partition coefficient (Wildman–Crippen LogP) is 2.58. The first kappa shape index (κ1) is 17.9. The van der Waals surface area contributed by atoms with E-state index < -0.39 is 18.2 Å². The topological polar surface area (TPSA) is 99.9 Å². The predicted molar refractivity (Wildman–Crippen MR) is 102 cm³/mol. The monoisotopic (exact) mass is 401 g/mol. The number of nitrogens with zero attached hydrogens (tertiary/aromatic N) is 3. The Hall–Kier alpha value is -4.12. The van der Waals surface area contributed by atoms with E-state index in [1.807, 2.05) is 4.90 Å². The van der Waals surface area contributed by atoms with Gasteiger partial charge in [-0.1, -0.05) is 18.2 Å². The minimum absolute atomic E-state index is 0.126. The SMILES string of the molecule is CC1=C(C(=O)OC2OC(=O)c3ccccc32)N2C(=O)CC2N1c1ccc(C#N)cc1. The van der Waals surface area contributed by atoms with E-state index in [4.69, 9.17) is 14.7 Å². The van der Waals surface area contributed by atoms with E-state index in [1.165, 1.54) is 4.90 Å². The van der Waals surface area contributed by atoms with Crippen molar-refractivity contribution in [1.82, 2.24) is 4.90 Å².